The number of thiocarbonyl (C=S) groups is 1. The first-order valence-electron chi connectivity index (χ1n) is 8.63. The zero-order valence-corrected chi connectivity index (χ0v) is 14.8. The molecule has 0 aliphatic carbocycles. The Balaban J connectivity index is 1.40. The van der Waals surface area contributed by atoms with E-state index >= 15 is 0 Å². The lowest BCUT2D eigenvalue weighted by Crippen LogP contribution is -2.52. The number of nitrogens with one attached hydrogen (secondary N) is 1. The molecule has 1 atom stereocenters. The third kappa shape index (κ3) is 4.90. The molecule has 4 nitrogen and oxygen atoms in total. The van der Waals surface area contributed by atoms with E-state index < -0.39 is 0 Å². The van der Waals surface area contributed by atoms with Gasteiger partial charge in [0.15, 0.2) is 5.11 Å². The van der Waals surface area contributed by atoms with Crippen LogP contribution in [0.5, 0.6) is 0 Å². The van der Waals surface area contributed by atoms with Crippen LogP contribution in [0.2, 0.25) is 0 Å². The van der Waals surface area contributed by atoms with Crippen LogP contribution in [0.4, 0.5) is 0 Å². The summed E-state index contributed by atoms with van der Waals surface area (Å²) in [6, 6.07) is 8.79. The predicted octanol–water partition coefficient (Wildman–Crippen LogP) is 2.17. The molecule has 0 radical (unpaired) electrons. The number of hydrogen-bond acceptors (Lipinski definition) is 3. The molecule has 0 saturated carbocycles. The smallest absolute Gasteiger partial charge is 0.169 e. The van der Waals surface area contributed by atoms with Gasteiger partial charge in [-0.05, 0) is 37.5 Å². The van der Waals surface area contributed by atoms with Crippen LogP contribution in [0.25, 0.3) is 0 Å². The maximum absolute atomic E-state index is 5.63. The molecule has 0 spiro atoms. The average Bonchev–Trinajstić information content (AvgIpc) is 3.07. The Morgan fingerprint density at radius 2 is 2.13 bits per heavy atom. The van der Waals surface area contributed by atoms with Crippen LogP contribution in [0.1, 0.15) is 24.0 Å². The molecular weight excluding hydrogens is 306 g/mol. The molecule has 1 aromatic rings. The number of rotatable bonds is 4. The third-order valence-corrected chi connectivity index (χ3v) is 5.06. The Morgan fingerprint density at radius 3 is 2.83 bits per heavy atom. The molecule has 0 unspecified atom stereocenters. The van der Waals surface area contributed by atoms with Crippen LogP contribution in [0.3, 0.4) is 0 Å². The second kappa shape index (κ2) is 8.08. The van der Waals surface area contributed by atoms with Crippen molar-refractivity contribution in [3.63, 3.8) is 0 Å². The Kier molecular flexibility index (Phi) is 5.86. The predicted molar refractivity (Wildman–Crippen MR) is 97.6 cm³/mol. The molecule has 126 valence electrons. The molecule has 0 bridgehead atoms. The number of ether oxygens (including phenoxy) is 1. The molecular formula is C18H27N3OS. The van der Waals surface area contributed by atoms with E-state index in [1.54, 1.807) is 0 Å². The lowest BCUT2D eigenvalue weighted by Gasteiger charge is -2.36. The van der Waals surface area contributed by atoms with E-state index in [2.05, 4.69) is 46.3 Å². The summed E-state index contributed by atoms with van der Waals surface area (Å²) in [7, 11) is 0. The molecule has 0 aromatic heterocycles. The van der Waals surface area contributed by atoms with Crippen molar-refractivity contribution < 1.29 is 4.74 Å². The van der Waals surface area contributed by atoms with Gasteiger partial charge in [0.25, 0.3) is 0 Å². The van der Waals surface area contributed by atoms with Crippen molar-refractivity contribution in [3.05, 3.63) is 35.4 Å². The van der Waals surface area contributed by atoms with Gasteiger partial charge in [-0.2, -0.15) is 0 Å². The van der Waals surface area contributed by atoms with Gasteiger partial charge in [0.05, 0.1) is 6.10 Å². The summed E-state index contributed by atoms with van der Waals surface area (Å²) in [5.41, 5.74) is 2.73. The topological polar surface area (TPSA) is 27.7 Å². The molecule has 2 heterocycles. The molecule has 1 N–H and O–H groups in total. The summed E-state index contributed by atoms with van der Waals surface area (Å²) < 4.78 is 5.63. The fourth-order valence-corrected chi connectivity index (χ4v) is 3.56. The Hall–Kier alpha value is -1.17. The van der Waals surface area contributed by atoms with Gasteiger partial charge >= 0.3 is 0 Å². The zero-order valence-electron chi connectivity index (χ0n) is 14.0. The standard InChI is InChI=1S/C18H27N3OS/c1-15-4-2-5-16(12-15)14-20-7-9-21(10-8-20)18(23)19-13-17-6-3-11-22-17/h2,4-5,12,17H,3,6-11,13-14H2,1H3,(H,19,23)/t17-/m1/s1. The van der Waals surface area contributed by atoms with Crippen molar-refractivity contribution in [3.8, 4) is 0 Å². The third-order valence-electron chi connectivity index (χ3n) is 4.65. The largest absolute Gasteiger partial charge is 0.376 e. The number of hydrogen-bond donors (Lipinski definition) is 1. The minimum absolute atomic E-state index is 0.343. The minimum Gasteiger partial charge on any atom is -0.376 e. The molecule has 0 amide bonds. The van der Waals surface area contributed by atoms with Crippen molar-refractivity contribution in [2.24, 2.45) is 0 Å². The highest BCUT2D eigenvalue weighted by atomic mass is 32.1. The molecule has 3 rings (SSSR count). The number of nitrogens with zero attached hydrogens (tertiary/aromatic N) is 2. The van der Waals surface area contributed by atoms with Crippen LogP contribution in [-0.4, -0.2) is 60.3 Å². The average molecular weight is 334 g/mol. The van der Waals surface area contributed by atoms with Gasteiger partial charge in [0, 0.05) is 45.9 Å². The van der Waals surface area contributed by atoms with Crippen molar-refractivity contribution in [2.75, 3.05) is 39.3 Å². The Labute approximate surface area is 144 Å². The van der Waals surface area contributed by atoms with Crippen LogP contribution < -0.4 is 5.32 Å². The summed E-state index contributed by atoms with van der Waals surface area (Å²) in [6.45, 7) is 9.07. The SMILES string of the molecule is Cc1cccc(CN2CCN(C(=S)NC[C@H]3CCCO3)CC2)c1. The van der Waals surface area contributed by atoms with Gasteiger partial charge < -0.3 is 15.0 Å². The summed E-state index contributed by atoms with van der Waals surface area (Å²) in [6.07, 6.45) is 2.67. The second-order valence-corrected chi connectivity index (χ2v) is 6.96. The molecule has 23 heavy (non-hydrogen) atoms. The van der Waals surface area contributed by atoms with Crippen LogP contribution >= 0.6 is 12.2 Å². The quantitative estimate of drug-likeness (QED) is 0.853. The first kappa shape index (κ1) is 16.7. The van der Waals surface area contributed by atoms with Crippen LogP contribution in [-0.2, 0) is 11.3 Å². The monoisotopic (exact) mass is 333 g/mol. The number of benzene rings is 1. The summed E-state index contributed by atoms with van der Waals surface area (Å²) in [5.74, 6) is 0. The van der Waals surface area contributed by atoms with Gasteiger partial charge in [-0.15, -0.1) is 0 Å². The van der Waals surface area contributed by atoms with E-state index in [1.807, 2.05) is 0 Å². The first-order chi connectivity index (χ1) is 11.2. The highest BCUT2D eigenvalue weighted by Crippen LogP contribution is 2.12. The number of piperazine rings is 1. The fourth-order valence-electron chi connectivity index (χ4n) is 3.30. The molecule has 5 heteroatoms. The van der Waals surface area contributed by atoms with Crippen molar-refractivity contribution in [1.82, 2.24) is 15.1 Å². The van der Waals surface area contributed by atoms with Crippen LogP contribution in [0, 0.1) is 6.92 Å². The lowest BCUT2D eigenvalue weighted by molar-refractivity contribution is 0.112. The normalized spacial score (nSPS) is 22.3. The summed E-state index contributed by atoms with van der Waals surface area (Å²) in [5, 5.41) is 4.27. The highest BCUT2D eigenvalue weighted by molar-refractivity contribution is 7.80. The van der Waals surface area contributed by atoms with Gasteiger partial charge in [-0.1, -0.05) is 29.8 Å². The fraction of sp³-hybridized carbons (Fsp3) is 0.611. The maximum atomic E-state index is 5.63. The highest BCUT2D eigenvalue weighted by Gasteiger charge is 2.20. The van der Waals surface area contributed by atoms with Gasteiger partial charge in [0.1, 0.15) is 0 Å². The molecule has 2 fully saturated rings. The van der Waals surface area contributed by atoms with Gasteiger partial charge in [0.2, 0.25) is 0 Å². The number of aryl methyl sites for hydroxylation is 1. The zero-order chi connectivity index (χ0) is 16.1. The van der Waals surface area contributed by atoms with Crippen molar-refractivity contribution >= 4 is 17.3 Å². The summed E-state index contributed by atoms with van der Waals surface area (Å²) >= 11 is 5.53. The van der Waals surface area contributed by atoms with E-state index in [0.29, 0.717) is 6.10 Å². The Morgan fingerprint density at radius 1 is 1.30 bits per heavy atom. The van der Waals surface area contributed by atoms with Crippen molar-refractivity contribution in [2.45, 2.75) is 32.4 Å². The minimum atomic E-state index is 0.343. The van der Waals surface area contributed by atoms with E-state index in [1.165, 1.54) is 17.5 Å². The van der Waals surface area contributed by atoms with Gasteiger partial charge in [-0.25, -0.2) is 0 Å². The van der Waals surface area contributed by atoms with E-state index in [-0.39, 0.29) is 0 Å². The first-order valence-corrected chi connectivity index (χ1v) is 9.04. The van der Waals surface area contributed by atoms with Crippen molar-refractivity contribution in [1.29, 1.82) is 0 Å². The molecule has 1 aromatic carbocycles. The Bertz CT molecular complexity index is 523. The van der Waals surface area contributed by atoms with Crippen LogP contribution in [0.15, 0.2) is 24.3 Å². The lowest BCUT2D eigenvalue weighted by atomic mass is 10.1. The van der Waals surface area contributed by atoms with E-state index in [9.17, 15) is 0 Å². The summed E-state index contributed by atoms with van der Waals surface area (Å²) in [4.78, 5) is 4.80. The van der Waals surface area contributed by atoms with Gasteiger partial charge in [-0.3, -0.25) is 4.90 Å². The van der Waals surface area contributed by atoms with E-state index in [4.69, 9.17) is 17.0 Å². The maximum Gasteiger partial charge on any atom is 0.169 e. The van der Waals surface area contributed by atoms with E-state index in [0.717, 1.165) is 57.4 Å². The molecule has 2 aliphatic rings. The molecule has 2 saturated heterocycles. The molecule has 2 aliphatic heterocycles. The second-order valence-electron chi connectivity index (χ2n) is 6.57.